The highest BCUT2D eigenvalue weighted by atomic mass is 16.7. The summed E-state index contributed by atoms with van der Waals surface area (Å²) < 4.78 is 53.3. The van der Waals surface area contributed by atoms with Gasteiger partial charge in [0.05, 0.1) is 19.8 Å². The molecule has 0 spiro atoms. The van der Waals surface area contributed by atoms with Crippen LogP contribution in [0.1, 0.15) is 13.8 Å². The topological polar surface area (TPSA) is 379 Å². The van der Waals surface area contributed by atoms with Crippen molar-refractivity contribution in [3.05, 3.63) is 0 Å². The van der Waals surface area contributed by atoms with E-state index in [1.165, 1.54) is 35.2 Å². The van der Waals surface area contributed by atoms with Gasteiger partial charge in [0.25, 0.3) is 5.91 Å². The van der Waals surface area contributed by atoms with Crippen molar-refractivity contribution in [3.63, 3.8) is 0 Å². The number of methoxy groups -OCH3 is 4. The van der Waals surface area contributed by atoms with E-state index in [2.05, 4.69) is 21.9 Å². The molecule has 26 heteroatoms. The largest absolute Gasteiger partial charge is 0.479 e. The van der Waals surface area contributed by atoms with Gasteiger partial charge < -0.3 is 109 Å². The first-order valence-corrected chi connectivity index (χ1v) is 18.7. The number of carboxylic acids is 1. The summed E-state index contributed by atoms with van der Waals surface area (Å²) in [5.41, 5.74) is 0. The molecule has 4 rings (SSSR count). The second kappa shape index (κ2) is 24.0. The SMILES string of the molecule is C#CCNC(=O)C1O[C@@H](O[C@@H]2C(NC(C)=O)[C@H](OC)OC(CO)[C@H]2O)C(O)[C@@H](O)[C@@H]1OC.CO[C@@H]1OC(CO)[C@@H](O)[C@H](O[C@@H]2OC(C(=O)O)[C@@H](OC)[C@H](O)C2O)C1NC(C)=O. The molecular weight excluding hydrogens is 830 g/mol. The third-order valence-electron chi connectivity index (χ3n) is 9.99. The quantitative estimate of drug-likeness (QED) is 0.0679. The van der Waals surface area contributed by atoms with Crippen LogP contribution in [0.25, 0.3) is 0 Å². The molecule has 0 saturated carbocycles. The maximum atomic E-state index is 12.4. The van der Waals surface area contributed by atoms with Gasteiger partial charge >= 0.3 is 5.97 Å². The monoisotopic (exact) mass is 887 g/mol. The Labute approximate surface area is 349 Å². The molecule has 4 heterocycles. The number of carbonyl (C=O) groups is 4. The molecule has 8 unspecified atom stereocenters. The average molecular weight is 888 g/mol. The van der Waals surface area contributed by atoms with Gasteiger partial charge in [-0.25, -0.2) is 4.79 Å². The minimum absolute atomic E-state index is 0.115. The molecule has 0 radical (unpaired) electrons. The molecule has 20 atom stereocenters. The number of rotatable bonds is 15. The molecule has 4 fully saturated rings. The molecule has 4 aliphatic rings. The lowest BCUT2D eigenvalue weighted by Gasteiger charge is -2.47. The predicted octanol–water partition coefficient (Wildman–Crippen LogP) is -8.04. The maximum absolute atomic E-state index is 12.4. The van der Waals surface area contributed by atoms with E-state index in [9.17, 15) is 65.1 Å². The van der Waals surface area contributed by atoms with Crippen LogP contribution >= 0.6 is 0 Å². The summed E-state index contributed by atoms with van der Waals surface area (Å²) in [7, 11) is 4.91. The third-order valence-corrected chi connectivity index (χ3v) is 9.99. The number of aliphatic hydroxyl groups excluding tert-OH is 8. The van der Waals surface area contributed by atoms with E-state index in [4.69, 9.17) is 53.8 Å². The van der Waals surface area contributed by atoms with Crippen LogP contribution in [0.5, 0.6) is 0 Å². The number of nitrogens with one attached hydrogen (secondary N) is 3. The molecule has 0 aromatic heterocycles. The minimum atomic E-state index is -1.74. The molecule has 26 nitrogen and oxygen atoms in total. The molecule has 4 saturated heterocycles. The van der Waals surface area contributed by atoms with Gasteiger partial charge in [0.1, 0.15) is 85.3 Å². The lowest BCUT2D eigenvalue weighted by molar-refractivity contribution is -0.339. The predicted molar refractivity (Wildman–Crippen MR) is 195 cm³/mol. The minimum Gasteiger partial charge on any atom is -0.479 e. The van der Waals surface area contributed by atoms with Crippen molar-refractivity contribution in [2.24, 2.45) is 0 Å². The summed E-state index contributed by atoms with van der Waals surface area (Å²) in [5, 5.41) is 98.4. The normalized spacial score (nSPS) is 41.3. The lowest BCUT2D eigenvalue weighted by atomic mass is 9.95. The Morgan fingerprint density at radius 2 is 0.967 bits per heavy atom. The van der Waals surface area contributed by atoms with E-state index >= 15 is 0 Å². The van der Waals surface area contributed by atoms with Crippen molar-refractivity contribution in [1.82, 2.24) is 16.0 Å². The van der Waals surface area contributed by atoms with Gasteiger partial charge in [0.2, 0.25) is 11.8 Å². The van der Waals surface area contributed by atoms with E-state index < -0.39 is 160 Å². The van der Waals surface area contributed by atoms with Crippen molar-refractivity contribution in [2.45, 2.75) is 137 Å². The van der Waals surface area contributed by atoms with Crippen molar-refractivity contribution in [2.75, 3.05) is 48.2 Å². The summed E-state index contributed by atoms with van der Waals surface area (Å²) >= 11 is 0. The number of aliphatic carboxylic acids is 1. The lowest BCUT2D eigenvalue weighted by Crippen LogP contribution is -2.68. The third kappa shape index (κ3) is 12.5. The highest BCUT2D eigenvalue weighted by molar-refractivity contribution is 5.82. The van der Waals surface area contributed by atoms with E-state index in [-0.39, 0.29) is 6.54 Å². The Morgan fingerprint density at radius 1 is 0.574 bits per heavy atom. The summed E-state index contributed by atoms with van der Waals surface area (Å²) in [6.45, 7) is 1.09. The fourth-order valence-electron chi connectivity index (χ4n) is 7.02. The number of amides is 3. The zero-order valence-electron chi connectivity index (χ0n) is 34.0. The van der Waals surface area contributed by atoms with Gasteiger partial charge in [-0.2, -0.15) is 0 Å². The Kier molecular flexibility index (Phi) is 20.5. The number of hydrogen-bond acceptors (Lipinski definition) is 22. The van der Waals surface area contributed by atoms with Crippen molar-refractivity contribution >= 4 is 23.7 Å². The standard InChI is InChI=1S/C19H30N2O11.C16H27NO12/c1-5-6-20-17(27)16-15(28-3)12(25)13(26)19(32-16)31-14-10(21-8(2)23)18(29-4)30-9(7-22)11(14)24;1-5(19)17-7-11(8(20)6(4-18)27-15(7)26-3)28-16-10(22)9(21)12(25-2)13(29-16)14(23)24/h1,9-16,18-19,22,24-26H,6-7H2,2-4H3,(H,20,27)(H,21,23);6-13,15-16,18,20-22H,4H2,1-3H3,(H,17,19)(H,23,24)/t9?,10?,11-,12-,13?,14-,15+,16?,18-,19-;6?,7?,8-,9-,10?,11-,12+,13?,15-,16-/m11/s1. The van der Waals surface area contributed by atoms with E-state index in [1.54, 1.807) is 0 Å². The van der Waals surface area contributed by atoms with Crippen LogP contribution in [-0.2, 0) is 66.5 Å². The number of carbonyl (C=O) groups excluding carboxylic acids is 3. The Hall–Kier alpha value is -3.28. The summed E-state index contributed by atoms with van der Waals surface area (Å²) in [4.78, 5) is 47.2. The van der Waals surface area contributed by atoms with Gasteiger partial charge in [-0.05, 0) is 0 Å². The molecule has 0 aromatic carbocycles. The summed E-state index contributed by atoms with van der Waals surface area (Å²) in [6, 6.07) is -2.19. The molecule has 61 heavy (non-hydrogen) atoms. The van der Waals surface area contributed by atoms with Gasteiger partial charge in [0, 0.05) is 42.3 Å². The van der Waals surface area contributed by atoms with E-state index in [0.717, 1.165) is 7.11 Å². The van der Waals surface area contributed by atoms with Gasteiger partial charge in [-0.1, -0.05) is 5.92 Å². The van der Waals surface area contributed by atoms with Crippen LogP contribution in [0.2, 0.25) is 0 Å². The second-order valence-corrected chi connectivity index (χ2v) is 14.0. The molecular formula is C35H57N3O23. The highest BCUT2D eigenvalue weighted by Gasteiger charge is 2.55. The number of aliphatic hydroxyl groups is 8. The molecule has 12 N–H and O–H groups in total. The summed E-state index contributed by atoms with van der Waals surface area (Å²) in [6.07, 6.45) is -20.9. The van der Waals surface area contributed by atoms with Crippen LogP contribution in [-0.4, -0.2) is 241 Å². The van der Waals surface area contributed by atoms with Crippen LogP contribution in [0, 0.1) is 12.3 Å². The summed E-state index contributed by atoms with van der Waals surface area (Å²) in [5.74, 6) is -0.980. The van der Waals surface area contributed by atoms with Crippen molar-refractivity contribution in [3.8, 4) is 12.3 Å². The van der Waals surface area contributed by atoms with Crippen LogP contribution < -0.4 is 16.0 Å². The molecule has 0 aromatic rings. The van der Waals surface area contributed by atoms with Crippen LogP contribution in [0.4, 0.5) is 0 Å². The van der Waals surface area contributed by atoms with Crippen molar-refractivity contribution in [1.29, 1.82) is 0 Å². The number of ether oxygens (including phenoxy) is 10. The fraction of sp³-hybridized carbons (Fsp3) is 0.829. The average Bonchev–Trinajstić information content (AvgIpc) is 3.22. The van der Waals surface area contributed by atoms with E-state index in [1.807, 2.05) is 0 Å². The van der Waals surface area contributed by atoms with Gasteiger partial charge in [-0.15, -0.1) is 6.42 Å². The van der Waals surface area contributed by atoms with E-state index in [0.29, 0.717) is 0 Å². The van der Waals surface area contributed by atoms with Crippen LogP contribution in [0.3, 0.4) is 0 Å². The smallest absolute Gasteiger partial charge is 0.335 e. The Morgan fingerprint density at radius 3 is 1.30 bits per heavy atom. The number of carboxylic acid groups (broad SMARTS) is 1. The number of hydrogen-bond donors (Lipinski definition) is 12. The van der Waals surface area contributed by atoms with Gasteiger partial charge in [-0.3, -0.25) is 14.4 Å². The number of terminal acetylenes is 1. The molecule has 4 aliphatic heterocycles. The first-order chi connectivity index (χ1) is 28.8. The first kappa shape index (κ1) is 52.1. The maximum Gasteiger partial charge on any atom is 0.335 e. The van der Waals surface area contributed by atoms with Crippen molar-refractivity contribution < 1.29 is 113 Å². The molecule has 350 valence electrons. The van der Waals surface area contributed by atoms with Gasteiger partial charge in [0.15, 0.2) is 37.4 Å². The molecule has 0 aliphatic carbocycles. The zero-order valence-corrected chi connectivity index (χ0v) is 34.0. The Balaban J connectivity index is 0.000000327. The van der Waals surface area contributed by atoms with Crippen LogP contribution in [0.15, 0.2) is 0 Å². The fourth-order valence-corrected chi connectivity index (χ4v) is 7.02. The first-order valence-electron chi connectivity index (χ1n) is 18.7. The Bertz CT molecular complexity index is 1470. The highest BCUT2D eigenvalue weighted by Crippen LogP contribution is 2.32. The zero-order chi connectivity index (χ0) is 45.9. The molecule has 3 amide bonds. The molecule has 0 bridgehead atoms. The second-order valence-electron chi connectivity index (χ2n) is 14.0.